The molecule has 1 atom stereocenters. The minimum atomic E-state index is -3.64. The second-order valence-corrected chi connectivity index (χ2v) is 8.84. The van der Waals surface area contributed by atoms with E-state index < -0.39 is 10.0 Å². The zero-order valence-electron chi connectivity index (χ0n) is 17.8. The standard InChI is InChI=1S/C22H31N3O3S/c1-6-25(7-2)20(18-11-9-8-10-12-18)15-24-22(26)19-13-16(3)17(4)21(14-19)29(27,28)23-5/h8-14,20,23H,6-7,15H2,1-5H3,(H,24,26). The molecule has 2 N–H and O–H groups in total. The number of hydrogen-bond acceptors (Lipinski definition) is 4. The number of rotatable bonds is 9. The highest BCUT2D eigenvalue weighted by Crippen LogP contribution is 2.22. The maximum absolute atomic E-state index is 12.9. The summed E-state index contributed by atoms with van der Waals surface area (Å²) >= 11 is 0. The second-order valence-electron chi connectivity index (χ2n) is 6.98. The van der Waals surface area contributed by atoms with Crippen LogP contribution >= 0.6 is 0 Å². The molecule has 0 spiro atoms. The summed E-state index contributed by atoms with van der Waals surface area (Å²) < 4.78 is 27.0. The molecule has 0 radical (unpaired) electrons. The molecule has 6 nitrogen and oxygen atoms in total. The summed E-state index contributed by atoms with van der Waals surface area (Å²) in [5.74, 6) is -0.284. The largest absolute Gasteiger partial charge is 0.350 e. The van der Waals surface area contributed by atoms with Crippen molar-refractivity contribution < 1.29 is 13.2 Å². The summed E-state index contributed by atoms with van der Waals surface area (Å²) in [6.45, 7) is 9.90. The van der Waals surface area contributed by atoms with Gasteiger partial charge in [0.2, 0.25) is 10.0 Å². The highest BCUT2D eigenvalue weighted by Gasteiger charge is 2.22. The van der Waals surface area contributed by atoms with Crippen molar-refractivity contribution in [2.45, 2.75) is 38.6 Å². The summed E-state index contributed by atoms with van der Waals surface area (Å²) in [7, 11) is -2.27. The van der Waals surface area contributed by atoms with Crippen LogP contribution in [-0.2, 0) is 10.0 Å². The molecule has 0 bridgehead atoms. The maximum atomic E-state index is 12.9. The highest BCUT2D eigenvalue weighted by molar-refractivity contribution is 7.89. The Labute approximate surface area is 174 Å². The van der Waals surface area contributed by atoms with Gasteiger partial charge in [0, 0.05) is 12.1 Å². The monoisotopic (exact) mass is 417 g/mol. The number of hydrogen-bond donors (Lipinski definition) is 2. The number of nitrogens with one attached hydrogen (secondary N) is 2. The van der Waals surface area contributed by atoms with Crippen LogP contribution in [0.1, 0.15) is 46.9 Å². The molecule has 2 aromatic carbocycles. The first-order valence-corrected chi connectivity index (χ1v) is 11.3. The number of benzene rings is 2. The molecule has 2 aromatic rings. The van der Waals surface area contributed by atoms with Gasteiger partial charge in [-0.15, -0.1) is 0 Å². The minimum absolute atomic E-state index is 0.0437. The second kappa shape index (κ2) is 10.0. The van der Waals surface area contributed by atoms with Gasteiger partial charge in [0.25, 0.3) is 5.91 Å². The van der Waals surface area contributed by atoms with E-state index in [9.17, 15) is 13.2 Å². The van der Waals surface area contributed by atoms with Gasteiger partial charge in [-0.3, -0.25) is 9.69 Å². The molecule has 29 heavy (non-hydrogen) atoms. The molecular weight excluding hydrogens is 386 g/mol. The van der Waals surface area contributed by atoms with Crippen LogP contribution in [0.15, 0.2) is 47.4 Å². The van der Waals surface area contributed by atoms with Crippen LogP contribution in [0.5, 0.6) is 0 Å². The summed E-state index contributed by atoms with van der Waals surface area (Å²) in [5, 5.41) is 2.99. The zero-order valence-corrected chi connectivity index (χ0v) is 18.6. The van der Waals surface area contributed by atoms with E-state index >= 15 is 0 Å². The van der Waals surface area contributed by atoms with Gasteiger partial charge in [-0.05, 0) is 62.8 Å². The van der Waals surface area contributed by atoms with E-state index in [4.69, 9.17) is 0 Å². The van der Waals surface area contributed by atoms with Gasteiger partial charge >= 0.3 is 0 Å². The predicted molar refractivity (Wildman–Crippen MR) is 117 cm³/mol. The van der Waals surface area contributed by atoms with Crippen molar-refractivity contribution in [2.75, 3.05) is 26.7 Å². The summed E-state index contributed by atoms with van der Waals surface area (Å²) in [5.41, 5.74) is 2.87. The number of aryl methyl sites for hydroxylation is 1. The average Bonchev–Trinajstić information content (AvgIpc) is 2.73. The van der Waals surface area contributed by atoms with Crippen LogP contribution in [0.3, 0.4) is 0 Å². The van der Waals surface area contributed by atoms with Crippen LogP contribution in [0.4, 0.5) is 0 Å². The van der Waals surface area contributed by atoms with Gasteiger partial charge in [0.05, 0.1) is 10.9 Å². The third-order valence-electron chi connectivity index (χ3n) is 5.33. The molecule has 0 aliphatic rings. The van der Waals surface area contributed by atoms with Crippen LogP contribution in [0.25, 0.3) is 0 Å². The van der Waals surface area contributed by atoms with Crippen molar-refractivity contribution in [1.29, 1.82) is 0 Å². The van der Waals surface area contributed by atoms with E-state index in [1.807, 2.05) is 25.1 Å². The fraction of sp³-hybridized carbons (Fsp3) is 0.409. The molecule has 0 aliphatic carbocycles. The van der Waals surface area contributed by atoms with Crippen LogP contribution in [-0.4, -0.2) is 45.9 Å². The summed E-state index contributed by atoms with van der Waals surface area (Å²) in [4.78, 5) is 15.3. The lowest BCUT2D eigenvalue weighted by Crippen LogP contribution is -2.38. The Morgan fingerprint density at radius 1 is 1.07 bits per heavy atom. The number of sulfonamides is 1. The molecule has 0 heterocycles. The molecule has 0 saturated carbocycles. The summed E-state index contributed by atoms with van der Waals surface area (Å²) in [6, 6.07) is 13.3. The van der Waals surface area contributed by atoms with Crippen LogP contribution in [0.2, 0.25) is 0 Å². The smallest absolute Gasteiger partial charge is 0.251 e. The zero-order chi connectivity index (χ0) is 21.6. The average molecular weight is 418 g/mol. The Morgan fingerprint density at radius 3 is 2.24 bits per heavy atom. The van der Waals surface area contributed by atoms with E-state index in [0.717, 1.165) is 24.2 Å². The molecular formula is C22H31N3O3S. The van der Waals surface area contributed by atoms with Gasteiger partial charge in [0.15, 0.2) is 0 Å². The Balaban J connectivity index is 2.29. The van der Waals surface area contributed by atoms with Crippen LogP contribution < -0.4 is 10.0 Å². The van der Waals surface area contributed by atoms with Gasteiger partial charge in [-0.1, -0.05) is 44.2 Å². The van der Waals surface area contributed by atoms with E-state index in [0.29, 0.717) is 17.7 Å². The molecule has 1 amide bonds. The Kier molecular flexibility index (Phi) is 7.96. The molecule has 158 valence electrons. The Hall–Kier alpha value is -2.22. The van der Waals surface area contributed by atoms with Crippen molar-refractivity contribution in [3.05, 3.63) is 64.7 Å². The third-order valence-corrected chi connectivity index (χ3v) is 6.87. The van der Waals surface area contributed by atoms with Crippen molar-refractivity contribution in [2.24, 2.45) is 0 Å². The first kappa shape index (κ1) is 23.1. The minimum Gasteiger partial charge on any atom is -0.350 e. The molecule has 1 unspecified atom stereocenters. The Morgan fingerprint density at radius 2 is 1.69 bits per heavy atom. The topological polar surface area (TPSA) is 78.5 Å². The maximum Gasteiger partial charge on any atom is 0.251 e. The van der Waals surface area contributed by atoms with E-state index in [2.05, 4.69) is 40.9 Å². The number of carbonyl (C=O) groups is 1. The number of amides is 1. The fourth-order valence-electron chi connectivity index (χ4n) is 3.44. The number of carbonyl (C=O) groups excluding carboxylic acids is 1. The molecule has 2 rings (SSSR count). The fourth-order valence-corrected chi connectivity index (χ4v) is 4.50. The van der Waals surface area contributed by atoms with E-state index in [1.54, 1.807) is 13.0 Å². The number of likely N-dealkylation sites (N-methyl/N-ethyl adjacent to an activating group) is 1. The van der Waals surface area contributed by atoms with E-state index in [1.165, 1.54) is 13.1 Å². The molecule has 7 heteroatoms. The van der Waals surface area contributed by atoms with Crippen LogP contribution in [0, 0.1) is 13.8 Å². The molecule has 0 aliphatic heterocycles. The first-order valence-electron chi connectivity index (χ1n) is 9.87. The lowest BCUT2D eigenvalue weighted by atomic mass is 10.0. The summed E-state index contributed by atoms with van der Waals surface area (Å²) in [6.07, 6.45) is 0. The van der Waals surface area contributed by atoms with Crippen molar-refractivity contribution in [3.8, 4) is 0 Å². The van der Waals surface area contributed by atoms with Crippen molar-refractivity contribution in [3.63, 3.8) is 0 Å². The third kappa shape index (κ3) is 5.44. The normalized spacial score (nSPS) is 12.8. The number of nitrogens with zero attached hydrogens (tertiary/aromatic N) is 1. The lowest BCUT2D eigenvalue weighted by Gasteiger charge is -2.30. The highest BCUT2D eigenvalue weighted by atomic mass is 32.2. The predicted octanol–water partition coefficient (Wildman–Crippen LogP) is 3.02. The van der Waals surface area contributed by atoms with Crippen molar-refractivity contribution in [1.82, 2.24) is 14.9 Å². The molecule has 0 aromatic heterocycles. The van der Waals surface area contributed by atoms with Gasteiger partial charge in [0.1, 0.15) is 0 Å². The molecule has 0 fully saturated rings. The van der Waals surface area contributed by atoms with Gasteiger partial charge in [-0.2, -0.15) is 0 Å². The van der Waals surface area contributed by atoms with Crippen molar-refractivity contribution >= 4 is 15.9 Å². The molecule has 0 saturated heterocycles. The first-order chi connectivity index (χ1) is 13.7. The lowest BCUT2D eigenvalue weighted by molar-refractivity contribution is 0.0934. The Bertz CT molecular complexity index is 939. The van der Waals surface area contributed by atoms with Gasteiger partial charge < -0.3 is 5.32 Å². The quantitative estimate of drug-likeness (QED) is 0.657. The van der Waals surface area contributed by atoms with Gasteiger partial charge in [-0.25, -0.2) is 13.1 Å². The SMILES string of the molecule is CCN(CC)C(CNC(=O)c1cc(C)c(C)c(S(=O)(=O)NC)c1)c1ccccc1. The van der Waals surface area contributed by atoms with E-state index in [-0.39, 0.29) is 16.8 Å².